The summed E-state index contributed by atoms with van der Waals surface area (Å²) in [5.41, 5.74) is 1.23. The molecule has 0 radical (unpaired) electrons. The summed E-state index contributed by atoms with van der Waals surface area (Å²) in [6, 6.07) is 5.17. The highest BCUT2D eigenvalue weighted by Crippen LogP contribution is 2.32. The van der Waals surface area contributed by atoms with E-state index in [4.69, 9.17) is 4.74 Å². The first-order valence-electron chi connectivity index (χ1n) is 5.51. The van der Waals surface area contributed by atoms with Crippen molar-refractivity contribution < 1.29 is 14.3 Å². The molecule has 0 aromatic heterocycles. The molecular formula is C12H14N2O3. The highest BCUT2D eigenvalue weighted by atomic mass is 16.5. The Balaban J connectivity index is 2.22. The SMILES string of the molecule is CCC(=O)Nc1ccc2c(c1)NC(=O)C(C)O2. The summed E-state index contributed by atoms with van der Waals surface area (Å²) in [7, 11) is 0. The van der Waals surface area contributed by atoms with Crippen LogP contribution in [0, 0.1) is 0 Å². The minimum atomic E-state index is -0.487. The molecule has 5 heteroatoms. The molecule has 2 rings (SSSR count). The Kier molecular flexibility index (Phi) is 2.99. The van der Waals surface area contributed by atoms with Crippen LogP contribution in [0.3, 0.4) is 0 Å². The summed E-state index contributed by atoms with van der Waals surface area (Å²) < 4.78 is 5.41. The van der Waals surface area contributed by atoms with E-state index in [1.807, 2.05) is 0 Å². The number of nitrogens with one attached hydrogen (secondary N) is 2. The van der Waals surface area contributed by atoms with E-state index in [9.17, 15) is 9.59 Å². The topological polar surface area (TPSA) is 67.4 Å². The summed E-state index contributed by atoms with van der Waals surface area (Å²) in [5.74, 6) is 0.365. The van der Waals surface area contributed by atoms with Crippen LogP contribution in [0.15, 0.2) is 18.2 Å². The second-order valence-corrected chi connectivity index (χ2v) is 3.86. The number of hydrogen-bond acceptors (Lipinski definition) is 3. The monoisotopic (exact) mass is 234 g/mol. The molecule has 2 amide bonds. The Hall–Kier alpha value is -2.04. The van der Waals surface area contributed by atoms with Crippen LogP contribution in [0.2, 0.25) is 0 Å². The maximum absolute atomic E-state index is 11.4. The standard InChI is InChI=1S/C12H14N2O3/c1-3-11(15)13-8-4-5-10-9(6-8)14-12(16)7(2)17-10/h4-7H,3H2,1-2H3,(H,13,15)(H,14,16). The lowest BCUT2D eigenvalue weighted by molar-refractivity contribution is -0.122. The lowest BCUT2D eigenvalue weighted by Gasteiger charge is -2.23. The number of hydrogen-bond donors (Lipinski definition) is 2. The van der Waals surface area contributed by atoms with Gasteiger partial charge in [-0.2, -0.15) is 0 Å². The highest BCUT2D eigenvalue weighted by molar-refractivity contribution is 5.99. The van der Waals surface area contributed by atoms with E-state index >= 15 is 0 Å². The molecule has 0 aliphatic carbocycles. The van der Waals surface area contributed by atoms with Gasteiger partial charge in [-0.1, -0.05) is 6.92 Å². The van der Waals surface area contributed by atoms with E-state index in [1.54, 1.807) is 32.0 Å². The van der Waals surface area contributed by atoms with Crippen LogP contribution in [0.25, 0.3) is 0 Å². The summed E-state index contributed by atoms with van der Waals surface area (Å²) in [4.78, 5) is 22.7. The fourth-order valence-corrected chi connectivity index (χ4v) is 1.54. The molecule has 1 aromatic rings. The van der Waals surface area contributed by atoms with E-state index in [0.29, 0.717) is 23.5 Å². The van der Waals surface area contributed by atoms with E-state index < -0.39 is 6.10 Å². The maximum atomic E-state index is 11.4. The summed E-state index contributed by atoms with van der Waals surface area (Å²) >= 11 is 0. The lowest BCUT2D eigenvalue weighted by Crippen LogP contribution is -2.34. The minimum Gasteiger partial charge on any atom is -0.479 e. The van der Waals surface area contributed by atoms with Crippen LogP contribution in [-0.2, 0) is 9.59 Å². The highest BCUT2D eigenvalue weighted by Gasteiger charge is 2.23. The predicted octanol–water partition coefficient (Wildman–Crippen LogP) is 1.75. The van der Waals surface area contributed by atoms with Crippen molar-refractivity contribution in [2.75, 3.05) is 10.6 Å². The number of rotatable bonds is 2. The van der Waals surface area contributed by atoms with Gasteiger partial charge in [0.2, 0.25) is 5.91 Å². The predicted molar refractivity (Wildman–Crippen MR) is 64.1 cm³/mol. The van der Waals surface area contributed by atoms with Crippen molar-refractivity contribution in [2.45, 2.75) is 26.4 Å². The second-order valence-electron chi connectivity index (χ2n) is 3.86. The van der Waals surface area contributed by atoms with Crippen molar-refractivity contribution in [3.05, 3.63) is 18.2 Å². The van der Waals surface area contributed by atoms with Crippen LogP contribution in [0.4, 0.5) is 11.4 Å². The van der Waals surface area contributed by atoms with Crippen molar-refractivity contribution in [1.29, 1.82) is 0 Å². The molecule has 1 atom stereocenters. The van der Waals surface area contributed by atoms with Crippen LogP contribution in [0.1, 0.15) is 20.3 Å². The van der Waals surface area contributed by atoms with E-state index in [0.717, 1.165) is 0 Å². The smallest absolute Gasteiger partial charge is 0.265 e. The summed E-state index contributed by atoms with van der Waals surface area (Å²) in [6.07, 6.45) is -0.0738. The largest absolute Gasteiger partial charge is 0.479 e. The Morgan fingerprint density at radius 3 is 3.00 bits per heavy atom. The average Bonchev–Trinajstić information content (AvgIpc) is 2.31. The zero-order chi connectivity index (χ0) is 12.4. The van der Waals surface area contributed by atoms with Gasteiger partial charge in [0, 0.05) is 12.1 Å². The van der Waals surface area contributed by atoms with Crippen molar-refractivity contribution >= 4 is 23.2 Å². The number of amides is 2. The zero-order valence-electron chi connectivity index (χ0n) is 9.74. The van der Waals surface area contributed by atoms with E-state index in [-0.39, 0.29) is 11.8 Å². The van der Waals surface area contributed by atoms with Gasteiger partial charge in [0.25, 0.3) is 5.91 Å². The number of carbonyl (C=O) groups is 2. The van der Waals surface area contributed by atoms with Crippen molar-refractivity contribution in [1.82, 2.24) is 0 Å². The molecule has 0 fully saturated rings. The summed E-state index contributed by atoms with van der Waals surface area (Å²) in [6.45, 7) is 3.46. The van der Waals surface area contributed by atoms with Gasteiger partial charge in [-0.05, 0) is 25.1 Å². The molecule has 1 heterocycles. The van der Waals surface area contributed by atoms with Crippen LogP contribution in [0.5, 0.6) is 5.75 Å². The molecule has 0 bridgehead atoms. The lowest BCUT2D eigenvalue weighted by atomic mass is 10.2. The number of benzene rings is 1. The average molecular weight is 234 g/mol. The molecule has 17 heavy (non-hydrogen) atoms. The Bertz CT molecular complexity index is 471. The van der Waals surface area contributed by atoms with Crippen LogP contribution >= 0.6 is 0 Å². The van der Waals surface area contributed by atoms with Crippen LogP contribution in [-0.4, -0.2) is 17.9 Å². The van der Waals surface area contributed by atoms with E-state index in [2.05, 4.69) is 10.6 Å². The molecule has 90 valence electrons. The molecular weight excluding hydrogens is 220 g/mol. The molecule has 1 unspecified atom stereocenters. The normalized spacial score (nSPS) is 17.8. The molecule has 5 nitrogen and oxygen atoms in total. The molecule has 2 N–H and O–H groups in total. The van der Waals surface area contributed by atoms with Gasteiger partial charge in [-0.15, -0.1) is 0 Å². The third kappa shape index (κ3) is 2.38. The van der Waals surface area contributed by atoms with E-state index in [1.165, 1.54) is 0 Å². The fourth-order valence-electron chi connectivity index (χ4n) is 1.54. The Morgan fingerprint density at radius 2 is 2.29 bits per heavy atom. The van der Waals surface area contributed by atoms with Gasteiger partial charge in [0.15, 0.2) is 6.10 Å². The summed E-state index contributed by atoms with van der Waals surface area (Å²) in [5, 5.41) is 5.45. The quantitative estimate of drug-likeness (QED) is 0.819. The number of fused-ring (bicyclic) bond motifs is 1. The van der Waals surface area contributed by atoms with Gasteiger partial charge < -0.3 is 15.4 Å². The molecule has 1 aromatic carbocycles. The van der Waals surface area contributed by atoms with Crippen LogP contribution < -0.4 is 15.4 Å². The van der Waals surface area contributed by atoms with Gasteiger partial charge in [-0.3, -0.25) is 9.59 Å². The molecule has 0 spiro atoms. The first-order valence-corrected chi connectivity index (χ1v) is 5.51. The third-order valence-corrected chi connectivity index (χ3v) is 2.52. The molecule has 1 aliphatic rings. The molecule has 0 saturated heterocycles. The van der Waals surface area contributed by atoms with Gasteiger partial charge in [0.1, 0.15) is 5.75 Å². The number of anilines is 2. The third-order valence-electron chi connectivity index (χ3n) is 2.52. The zero-order valence-corrected chi connectivity index (χ0v) is 9.74. The van der Waals surface area contributed by atoms with Crippen molar-refractivity contribution in [3.8, 4) is 5.75 Å². The van der Waals surface area contributed by atoms with Gasteiger partial charge in [-0.25, -0.2) is 0 Å². The first kappa shape index (κ1) is 11.4. The number of carbonyl (C=O) groups excluding carboxylic acids is 2. The molecule has 1 aliphatic heterocycles. The second kappa shape index (κ2) is 4.45. The van der Waals surface area contributed by atoms with Gasteiger partial charge in [0.05, 0.1) is 5.69 Å². The Labute approximate surface area is 99.2 Å². The van der Waals surface area contributed by atoms with Crippen molar-refractivity contribution in [3.63, 3.8) is 0 Å². The maximum Gasteiger partial charge on any atom is 0.265 e. The van der Waals surface area contributed by atoms with Crippen molar-refractivity contribution in [2.24, 2.45) is 0 Å². The minimum absolute atomic E-state index is 0.0682. The van der Waals surface area contributed by atoms with Gasteiger partial charge >= 0.3 is 0 Å². The molecule has 0 saturated carbocycles. The Morgan fingerprint density at radius 1 is 1.53 bits per heavy atom. The first-order chi connectivity index (χ1) is 8.10. The fraction of sp³-hybridized carbons (Fsp3) is 0.333. The number of ether oxygens (including phenoxy) is 1.